The second kappa shape index (κ2) is 4.03. The molecule has 0 atom stereocenters. The largest absolute Gasteiger partial charge is 0.326 e. The molecule has 0 aliphatic heterocycles. The van der Waals surface area contributed by atoms with E-state index in [1.165, 1.54) is 11.1 Å². The molecule has 0 bridgehead atoms. The molecule has 3 N–H and O–H groups in total. The van der Waals surface area contributed by atoms with Crippen LogP contribution in [0.3, 0.4) is 0 Å². The number of fused-ring (bicyclic) bond motifs is 1. The van der Waals surface area contributed by atoms with Crippen molar-refractivity contribution in [3.63, 3.8) is 0 Å². The Morgan fingerprint density at radius 1 is 1.40 bits per heavy atom. The van der Waals surface area contributed by atoms with Gasteiger partial charge in [0, 0.05) is 17.6 Å². The Morgan fingerprint density at radius 2 is 2.20 bits per heavy atom. The summed E-state index contributed by atoms with van der Waals surface area (Å²) in [6.45, 7) is 4.99. The highest BCUT2D eigenvalue weighted by Gasteiger charge is 2.07. The maximum atomic E-state index is 5.59. The number of aromatic nitrogens is 2. The first-order valence-corrected chi connectivity index (χ1v) is 5.36. The summed E-state index contributed by atoms with van der Waals surface area (Å²) in [6, 6.07) is 6.23. The van der Waals surface area contributed by atoms with Crippen LogP contribution in [-0.4, -0.2) is 10.2 Å². The number of hydrogen-bond acceptors (Lipinski definition) is 2. The summed E-state index contributed by atoms with van der Waals surface area (Å²) in [5.41, 5.74) is 8.97. The first kappa shape index (κ1) is 10.2. The molecule has 1 aromatic carbocycles. The molecular weight excluding hydrogens is 186 g/mol. The van der Waals surface area contributed by atoms with Gasteiger partial charge in [0.05, 0.1) is 5.52 Å². The summed E-state index contributed by atoms with van der Waals surface area (Å²) in [5.74, 6) is 0.642. The number of H-pyrrole nitrogens is 1. The third-order valence-electron chi connectivity index (χ3n) is 2.55. The van der Waals surface area contributed by atoms with Crippen molar-refractivity contribution in [2.75, 3.05) is 0 Å². The molecular formula is C12H17N3. The second-order valence-electron chi connectivity index (χ2n) is 4.36. The van der Waals surface area contributed by atoms with Crippen molar-refractivity contribution >= 4 is 10.9 Å². The number of hydrogen-bond donors (Lipinski definition) is 2. The average molecular weight is 203 g/mol. The van der Waals surface area contributed by atoms with Crippen LogP contribution in [0.15, 0.2) is 18.2 Å². The van der Waals surface area contributed by atoms with Crippen molar-refractivity contribution in [1.29, 1.82) is 0 Å². The lowest BCUT2D eigenvalue weighted by Crippen LogP contribution is -1.96. The van der Waals surface area contributed by atoms with Gasteiger partial charge in [-0.2, -0.15) is 5.10 Å². The van der Waals surface area contributed by atoms with E-state index in [0.29, 0.717) is 12.5 Å². The van der Waals surface area contributed by atoms with E-state index in [2.05, 4.69) is 42.2 Å². The quantitative estimate of drug-likeness (QED) is 0.803. The summed E-state index contributed by atoms with van der Waals surface area (Å²) in [7, 11) is 0. The van der Waals surface area contributed by atoms with Crippen LogP contribution in [0.2, 0.25) is 0 Å². The maximum absolute atomic E-state index is 5.59. The van der Waals surface area contributed by atoms with Crippen molar-refractivity contribution < 1.29 is 0 Å². The Morgan fingerprint density at radius 3 is 2.87 bits per heavy atom. The van der Waals surface area contributed by atoms with Gasteiger partial charge in [-0.3, -0.25) is 5.10 Å². The van der Waals surface area contributed by atoms with Gasteiger partial charge in [0.25, 0.3) is 0 Å². The molecule has 3 nitrogen and oxygen atoms in total. The van der Waals surface area contributed by atoms with Crippen molar-refractivity contribution in [3.8, 4) is 0 Å². The van der Waals surface area contributed by atoms with Crippen molar-refractivity contribution in [2.45, 2.75) is 26.8 Å². The highest BCUT2D eigenvalue weighted by Crippen LogP contribution is 2.19. The smallest absolute Gasteiger partial charge is 0.0926 e. The molecule has 0 fully saturated rings. The topological polar surface area (TPSA) is 54.7 Å². The Balaban J connectivity index is 2.43. The zero-order chi connectivity index (χ0) is 10.8. The summed E-state index contributed by atoms with van der Waals surface area (Å²) in [4.78, 5) is 0. The highest BCUT2D eigenvalue weighted by atomic mass is 15.1. The van der Waals surface area contributed by atoms with Gasteiger partial charge < -0.3 is 5.73 Å². The predicted octanol–water partition coefficient (Wildman–Crippen LogP) is 2.22. The van der Waals surface area contributed by atoms with Gasteiger partial charge in [-0.05, 0) is 24.0 Å². The molecule has 2 rings (SSSR count). The van der Waals surface area contributed by atoms with E-state index in [1.807, 2.05) is 0 Å². The predicted molar refractivity (Wildman–Crippen MR) is 62.5 cm³/mol. The Bertz CT molecular complexity index is 457. The van der Waals surface area contributed by atoms with E-state index in [9.17, 15) is 0 Å². The minimum Gasteiger partial charge on any atom is -0.326 e. The number of nitrogens with zero attached hydrogens (tertiary/aromatic N) is 1. The summed E-state index contributed by atoms with van der Waals surface area (Å²) in [5, 5.41) is 8.63. The molecule has 1 aromatic heterocycles. The third-order valence-corrected chi connectivity index (χ3v) is 2.55. The second-order valence-corrected chi connectivity index (χ2v) is 4.36. The van der Waals surface area contributed by atoms with Crippen molar-refractivity contribution in [3.05, 3.63) is 29.5 Å². The highest BCUT2D eigenvalue weighted by molar-refractivity contribution is 5.81. The van der Waals surface area contributed by atoms with Crippen LogP contribution in [0.5, 0.6) is 0 Å². The maximum Gasteiger partial charge on any atom is 0.0926 e. The van der Waals surface area contributed by atoms with Crippen LogP contribution in [-0.2, 0) is 13.0 Å². The monoisotopic (exact) mass is 203 g/mol. The van der Waals surface area contributed by atoms with Crippen LogP contribution in [0, 0.1) is 5.92 Å². The molecule has 1 heterocycles. The Hall–Kier alpha value is -1.35. The van der Waals surface area contributed by atoms with E-state index in [1.54, 1.807) is 0 Å². The van der Waals surface area contributed by atoms with Gasteiger partial charge in [0.15, 0.2) is 0 Å². The summed E-state index contributed by atoms with van der Waals surface area (Å²) < 4.78 is 0. The van der Waals surface area contributed by atoms with Crippen LogP contribution >= 0.6 is 0 Å². The van der Waals surface area contributed by atoms with E-state index in [4.69, 9.17) is 5.73 Å². The van der Waals surface area contributed by atoms with Gasteiger partial charge in [0.1, 0.15) is 0 Å². The van der Waals surface area contributed by atoms with Crippen molar-refractivity contribution in [1.82, 2.24) is 10.2 Å². The fourth-order valence-corrected chi connectivity index (χ4v) is 1.80. The molecule has 0 aliphatic carbocycles. The minimum atomic E-state index is 0.572. The number of nitrogens with two attached hydrogens (primary N) is 1. The van der Waals surface area contributed by atoms with Gasteiger partial charge >= 0.3 is 0 Å². The first-order valence-electron chi connectivity index (χ1n) is 5.36. The number of rotatable bonds is 3. The lowest BCUT2D eigenvalue weighted by Gasteiger charge is -2.02. The van der Waals surface area contributed by atoms with Gasteiger partial charge in [0.2, 0.25) is 0 Å². The minimum absolute atomic E-state index is 0.572. The van der Waals surface area contributed by atoms with Gasteiger partial charge in [-0.25, -0.2) is 0 Å². The molecule has 0 saturated carbocycles. The Kier molecular flexibility index (Phi) is 2.73. The van der Waals surface area contributed by atoms with Gasteiger partial charge in [-0.15, -0.1) is 0 Å². The number of benzene rings is 1. The van der Waals surface area contributed by atoms with E-state index in [-0.39, 0.29) is 0 Å². The third kappa shape index (κ3) is 2.02. The van der Waals surface area contributed by atoms with Crippen LogP contribution < -0.4 is 5.73 Å². The molecule has 15 heavy (non-hydrogen) atoms. The van der Waals surface area contributed by atoms with E-state index >= 15 is 0 Å². The number of nitrogens with one attached hydrogen (secondary N) is 1. The first-order chi connectivity index (χ1) is 7.20. The standard InChI is InChI=1S/C12H17N3/c1-8(2)5-11-10-4-3-9(7-13)6-12(10)15-14-11/h3-4,6,8H,5,7,13H2,1-2H3,(H,14,15). The SMILES string of the molecule is CC(C)Cc1[nH]nc2cc(CN)ccc12. The molecule has 0 spiro atoms. The molecule has 80 valence electrons. The zero-order valence-corrected chi connectivity index (χ0v) is 9.25. The molecule has 3 heteroatoms. The lowest BCUT2D eigenvalue weighted by molar-refractivity contribution is 0.636. The molecule has 2 aromatic rings. The fraction of sp³-hybridized carbons (Fsp3) is 0.417. The van der Waals surface area contributed by atoms with Crippen molar-refractivity contribution in [2.24, 2.45) is 11.7 Å². The van der Waals surface area contributed by atoms with E-state index < -0.39 is 0 Å². The molecule has 0 saturated heterocycles. The zero-order valence-electron chi connectivity index (χ0n) is 9.25. The molecule has 0 unspecified atom stereocenters. The summed E-state index contributed by atoms with van der Waals surface area (Å²) >= 11 is 0. The fourth-order valence-electron chi connectivity index (χ4n) is 1.80. The van der Waals surface area contributed by atoms with E-state index in [0.717, 1.165) is 17.5 Å². The van der Waals surface area contributed by atoms with Crippen LogP contribution in [0.1, 0.15) is 25.1 Å². The average Bonchev–Trinajstić information content (AvgIpc) is 2.60. The van der Waals surface area contributed by atoms with Gasteiger partial charge in [-0.1, -0.05) is 26.0 Å². The Labute approximate surface area is 89.7 Å². The molecule has 0 aliphatic rings. The van der Waals surface area contributed by atoms with Crippen LogP contribution in [0.25, 0.3) is 10.9 Å². The van der Waals surface area contributed by atoms with Crippen LogP contribution in [0.4, 0.5) is 0 Å². The molecule has 0 radical (unpaired) electrons. The normalized spacial score (nSPS) is 11.5. The lowest BCUT2D eigenvalue weighted by atomic mass is 10.0. The molecule has 0 amide bonds. The number of aromatic amines is 1. The summed E-state index contributed by atoms with van der Waals surface area (Å²) in [6.07, 6.45) is 1.04.